The van der Waals surface area contributed by atoms with Crippen LogP contribution in [0.1, 0.15) is 16.5 Å². The molecule has 1 aromatic carbocycles. The summed E-state index contributed by atoms with van der Waals surface area (Å²) in [6.07, 6.45) is -0.419. The highest BCUT2D eigenvalue weighted by Crippen LogP contribution is 2.24. The Balaban J connectivity index is 1.84. The molecular weight excluding hydrogens is 336 g/mol. The molecule has 2 aromatic rings. The number of benzene rings is 1. The van der Waals surface area contributed by atoms with Crippen molar-refractivity contribution in [2.45, 2.75) is 12.6 Å². The Morgan fingerprint density at radius 1 is 1.17 bits per heavy atom. The van der Waals surface area contributed by atoms with Gasteiger partial charge in [0.05, 0.1) is 6.54 Å². The molecule has 0 spiro atoms. The van der Waals surface area contributed by atoms with Gasteiger partial charge in [-0.1, -0.05) is 35.9 Å². The molecule has 7 heteroatoms. The summed E-state index contributed by atoms with van der Waals surface area (Å²) >= 11 is 7.63. The van der Waals surface area contributed by atoms with Gasteiger partial charge < -0.3 is 15.4 Å². The van der Waals surface area contributed by atoms with Crippen LogP contribution in [-0.4, -0.2) is 25.5 Å². The van der Waals surface area contributed by atoms with Gasteiger partial charge in [0.15, 0.2) is 0 Å². The SMILES string of the molecule is COC(CNC(=O)C(=O)NCc1cccs1)c1ccccc1Cl. The summed E-state index contributed by atoms with van der Waals surface area (Å²) in [5.74, 6) is -1.37. The zero-order chi connectivity index (χ0) is 16.7. The zero-order valence-electron chi connectivity index (χ0n) is 12.5. The molecule has 23 heavy (non-hydrogen) atoms. The topological polar surface area (TPSA) is 67.4 Å². The van der Waals surface area contributed by atoms with Crippen LogP contribution in [0.4, 0.5) is 0 Å². The normalized spacial score (nSPS) is 11.7. The molecule has 2 N–H and O–H groups in total. The molecule has 1 heterocycles. The van der Waals surface area contributed by atoms with Crippen LogP contribution in [-0.2, 0) is 20.9 Å². The van der Waals surface area contributed by atoms with Crippen LogP contribution in [0.5, 0.6) is 0 Å². The van der Waals surface area contributed by atoms with E-state index in [2.05, 4.69) is 10.6 Å². The number of carbonyl (C=O) groups is 2. The Bertz CT molecular complexity index is 661. The van der Waals surface area contributed by atoms with Crippen molar-refractivity contribution in [2.75, 3.05) is 13.7 Å². The molecule has 0 radical (unpaired) electrons. The van der Waals surface area contributed by atoms with Gasteiger partial charge in [0.2, 0.25) is 0 Å². The summed E-state index contributed by atoms with van der Waals surface area (Å²) < 4.78 is 5.34. The number of halogens is 1. The Kier molecular flexibility index (Phi) is 6.58. The van der Waals surface area contributed by atoms with Crippen LogP contribution < -0.4 is 10.6 Å². The first-order valence-corrected chi connectivity index (χ1v) is 8.23. The minimum absolute atomic E-state index is 0.158. The van der Waals surface area contributed by atoms with Crippen LogP contribution in [0.3, 0.4) is 0 Å². The molecule has 0 aliphatic heterocycles. The second-order valence-electron chi connectivity index (χ2n) is 4.72. The van der Waals surface area contributed by atoms with E-state index in [9.17, 15) is 9.59 Å². The third kappa shape index (κ3) is 5.06. The van der Waals surface area contributed by atoms with E-state index >= 15 is 0 Å². The monoisotopic (exact) mass is 352 g/mol. The molecule has 2 rings (SSSR count). The van der Waals surface area contributed by atoms with Crippen molar-refractivity contribution in [1.82, 2.24) is 10.6 Å². The standard InChI is InChI=1S/C16H17ClN2O3S/c1-22-14(12-6-2-3-7-13(12)17)10-19-16(21)15(20)18-9-11-5-4-8-23-11/h2-8,14H,9-10H2,1H3,(H,18,20)(H,19,21). The Hall–Kier alpha value is -1.89. The zero-order valence-corrected chi connectivity index (χ0v) is 14.1. The fraction of sp³-hybridized carbons (Fsp3) is 0.250. The molecule has 0 aliphatic carbocycles. The highest BCUT2D eigenvalue weighted by molar-refractivity contribution is 7.09. The van der Waals surface area contributed by atoms with Gasteiger partial charge in [-0.3, -0.25) is 9.59 Å². The van der Waals surface area contributed by atoms with E-state index in [4.69, 9.17) is 16.3 Å². The number of hydrogen-bond acceptors (Lipinski definition) is 4. The van der Waals surface area contributed by atoms with Crippen molar-refractivity contribution >= 4 is 34.8 Å². The second kappa shape index (κ2) is 8.67. The van der Waals surface area contributed by atoms with Crippen LogP contribution in [0.15, 0.2) is 41.8 Å². The van der Waals surface area contributed by atoms with E-state index in [1.165, 1.54) is 18.4 Å². The number of amides is 2. The van der Waals surface area contributed by atoms with E-state index in [1.807, 2.05) is 35.7 Å². The molecule has 0 saturated heterocycles. The van der Waals surface area contributed by atoms with Gasteiger partial charge in [-0.2, -0.15) is 0 Å². The molecule has 5 nitrogen and oxygen atoms in total. The molecule has 1 unspecified atom stereocenters. The average molecular weight is 353 g/mol. The van der Waals surface area contributed by atoms with Gasteiger partial charge in [0.25, 0.3) is 0 Å². The molecule has 1 aromatic heterocycles. The second-order valence-corrected chi connectivity index (χ2v) is 6.16. The number of rotatable bonds is 6. The third-order valence-electron chi connectivity index (χ3n) is 3.19. The van der Waals surface area contributed by atoms with Crippen molar-refractivity contribution in [2.24, 2.45) is 0 Å². The lowest BCUT2D eigenvalue weighted by molar-refractivity contribution is -0.139. The number of hydrogen-bond donors (Lipinski definition) is 2. The van der Waals surface area contributed by atoms with Crippen molar-refractivity contribution in [3.8, 4) is 0 Å². The van der Waals surface area contributed by atoms with Crippen LogP contribution in [0.25, 0.3) is 0 Å². The van der Waals surface area contributed by atoms with Gasteiger partial charge in [-0.15, -0.1) is 11.3 Å². The fourth-order valence-corrected chi connectivity index (χ4v) is 2.88. The fourth-order valence-electron chi connectivity index (χ4n) is 1.98. The molecule has 1 atom stereocenters. The Morgan fingerprint density at radius 3 is 2.57 bits per heavy atom. The molecule has 0 fully saturated rings. The summed E-state index contributed by atoms with van der Waals surface area (Å²) in [5.41, 5.74) is 0.760. The molecule has 0 bridgehead atoms. The first-order chi connectivity index (χ1) is 11.1. The maximum absolute atomic E-state index is 11.8. The van der Waals surface area contributed by atoms with Crippen molar-refractivity contribution in [1.29, 1.82) is 0 Å². The first kappa shape index (κ1) is 17.5. The third-order valence-corrected chi connectivity index (χ3v) is 4.41. The van der Waals surface area contributed by atoms with Crippen LogP contribution in [0.2, 0.25) is 5.02 Å². The van der Waals surface area contributed by atoms with Crippen molar-refractivity contribution < 1.29 is 14.3 Å². The van der Waals surface area contributed by atoms with E-state index in [0.29, 0.717) is 11.6 Å². The molecule has 0 aliphatic rings. The molecule has 0 saturated carbocycles. The highest BCUT2D eigenvalue weighted by atomic mass is 35.5. The lowest BCUT2D eigenvalue weighted by Crippen LogP contribution is -2.41. The minimum Gasteiger partial charge on any atom is -0.375 e. The van der Waals surface area contributed by atoms with Gasteiger partial charge in [0.1, 0.15) is 6.10 Å². The minimum atomic E-state index is -0.698. The smallest absolute Gasteiger partial charge is 0.309 e. The van der Waals surface area contributed by atoms with E-state index < -0.39 is 17.9 Å². The number of ether oxygens (including phenoxy) is 1. The summed E-state index contributed by atoms with van der Waals surface area (Å²) in [4.78, 5) is 24.6. The predicted octanol–water partition coefficient (Wildman–Crippen LogP) is 2.52. The van der Waals surface area contributed by atoms with Gasteiger partial charge in [-0.05, 0) is 17.5 Å². The van der Waals surface area contributed by atoms with E-state index in [0.717, 1.165) is 10.4 Å². The number of thiophene rings is 1. The number of methoxy groups -OCH3 is 1. The lowest BCUT2D eigenvalue weighted by atomic mass is 10.1. The largest absolute Gasteiger partial charge is 0.375 e. The van der Waals surface area contributed by atoms with Crippen LogP contribution in [0, 0.1) is 0 Å². The maximum atomic E-state index is 11.8. The van der Waals surface area contributed by atoms with E-state index in [1.54, 1.807) is 6.07 Å². The predicted molar refractivity (Wildman–Crippen MR) is 90.4 cm³/mol. The molecule has 2 amide bonds. The lowest BCUT2D eigenvalue weighted by Gasteiger charge is -2.17. The van der Waals surface area contributed by atoms with Gasteiger partial charge >= 0.3 is 11.8 Å². The van der Waals surface area contributed by atoms with E-state index in [-0.39, 0.29) is 6.54 Å². The van der Waals surface area contributed by atoms with Crippen LogP contribution >= 0.6 is 22.9 Å². The number of nitrogens with one attached hydrogen (secondary N) is 2. The van der Waals surface area contributed by atoms with Gasteiger partial charge in [-0.25, -0.2) is 0 Å². The molecular formula is C16H17ClN2O3S. The summed E-state index contributed by atoms with van der Waals surface area (Å²) in [6.45, 7) is 0.494. The van der Waals surface area contributed by atoms with Crippen molar-refractivity contribution in [3.05, 3.63) is 57.2 Å². The summed E-state index contributed by atoms with van der Waals surface area (Å²) in [6, 6.07) is 11.0. The Labute approximate surface area is 143 Å². The Morgan fingerprint density at radius 2 is 1.91 bits per heavy atom. The quantitative estimate of drug-likeness (QED) is 0.785. The maximum Gasteiger partial charge on any atom is 0.309 e. The van der Waals surface area contributed by atoms with Crippen molar-refractivity contribution in [3.63, 3.8) is 0 Å². The summed E-state index contributed by atoms with van der Waals surface area (Å²) in [5, 5.41) is 7.59. The average Bonchev–Trinajstić information content (AvgIpc) is 3.07. The molecule has 122 valence electrons. The van der Waals surface area contributed by atoms with Gasteiger partial charge in [0, 0.05) is 29.1 Å². The number of carbonyl (C=O) groups excluding carboxylic acids is 2. The first-order valence-electron chi connectivity index (χ1n) is 6.97. The highest BCUT2D eigenvalue weighted by Gasteiger charge is 2.18. The summed E-state index contributed by atoms with van der Waals surface area (Å²) in [7, 11) is 1.52.